The van der Waals surface area contributed by atoms with E-state index < -0.39 is 39.7 Å². The molecule has 3 rings (SSSR count). The maximum absolute atomic E-state index is 13.5. The van der Waals surface area contributed by atoms with Gasteiger partial charge in [-0.2, -0.15) is 13.9 Å². The van der Waals surface area contributed by atoms with E-state index in [1.807, 2.05) is 0 Å². The van der Waals surface area contributed by atoms with Gasteiger partial charge in [0.2, 0.25) is 4.91 Å². The number of anilines is 2. The van der Waals surface area contributed by atoms with Crippen molar-refractivity contribution in [2.45, 2.75) is 37.4 Å². The minimum Gasteiger partial charge on any atom is -0.484 e. The number of carboxylic acid groups (broad SMARTS) is 1. The van der Waals surface area contributed by atoms with Crippen molar-refractivity contribution in [1.82, 2.24) is 14.7 Å². The van der Waals surface area contributed by atoms with Gasteiger partial charge in [0.1, 0.15) is 27.4 Å². The first-order chi connectivity index (χ1) is 14.6. The number of rotatable bonds is 6. The Balaban J connectivity index is 2.17. The Hall–Kier alpha value is -3.58. The molecule has 2 heterocycles. The first-order valence-corrected chi connectivity index (χ1v) is 10.2. The highest BCUT2D eigenvalue weighted by atomic mass is 32.2. The quantitative estimate of drug-likeness (QED) is 0.445. The summed E-state index contributed by atoms with van der Waals surface area (Å²) >= 11 is 0. The highest BCUT2D eigenvalue weighted by Gasteiger charge is 2.42. The van der Waals surface area contributed by atoms with E-state index in [4.69, 9.17) is 15.4 Å². The number of sulfonamides is 1. The lowest BCUT2D eigenvalue weighted by Gasteiger charge is -2.39. The highest BCUT2D eigenvalue weighted by molar-refractivity contribution is 7.93. The summed E-state index contributed by atoms with van der Waals surface area (Å²) in [6, 6.07) is 3.09. The second kappa shape index (κ2) is 8.28. The Morgan fingerprint density at radius 3 is 2.77 bits per heavy atom. The number of hydrogen-bond donors (Lipinski definition) is 3. The van der Waals surface area contributed by atoms with Crippen LogP contribution in [0.25, 0.3) is 0 Å². The van der Waals surface area contributed by atoms with E-state index in [1.54, 1.807) is 0 Å². The number of nitrogens with one attached hydrogen (secondary N) is 2. The molecule has 0 saturated heterocycles. The van der Waals surface area contributed by atoms with E-state index in [-0.39, 0.29) is 34.0 Å². The zero-order valence-electron chi connectivity index (χ0n) is 16.2. The number of alkyl halides is 2. The van der Waals surface area contributed by atoms with Crippen LogP contribution in [-0.2, 0) is 10.0 Å². The number of fused-ring (bicyclic) bond motifs is 1. The van der Waals surface area contributed by atoms with E-state index in [1.165, 1.54) is 32.0 Å². The molecule has 1 aromatic heterocycles. The van der Waals surface area contributed by atoms with Crippen molar-refractivity contribution < 1.29 is 31.8 Å². The number of benzene rings is 1. The van der Waals surface area contributed by atoms with E-state index in [0.29, 0.717) is 0 Å². The van der Waals surface area contributed by atoms with Crippen molar-refractivity contribution in [3.8, 4) is 5.75 Å². The molecule has 0 radical (unpaired) electrons. The van der Waals surface area contributed by atoms with Gasteiger partial charge in [0, 0.05) is 5.69 Å². The van der Waals surface area contributed by atoms with Crippen molar-refractivity contribution in [3.63, 3.8) is 0 Å². The highest BCUT2D eigenvalue weighted by Crippen LogP contribution is 2.42. The minimum atomic E-state index is -4.43. The smallest absolute Gasteiger partial charge is 0.409 e. The summed E-state index contributed by atoms with van der Waals surface area (Å²) in [7, 11) is -4.43. The van der Waals surface area contributed by atoms with Gasteiger partial charge in [-0.25, -0.2) is 17.9 Å². The average Bonchev–Trinajstić information content (AvgIpc) is 3.08. The predicted octanol–water partition coefficient (Wildman–Crippen LogP) is 2.57. The van der Waals surface area contributed by atoms with Crippen LogP contribution in [0.4, 0.5) is 25.0 Å². The zero-order valence-corrected chi connectivity index (χ0v) is 17.0. The normalized spacial score (nSPS) is 18.2. The molecule has 0 spiro atoms. The fourth-order valence-corrected chi connectivity index (χ4v) is 5.05. The Morgan fingerprint density at radius 2 is 2.19 bits per heavy atom. The molecule has 12 nitrogen and oxygen atoms in total. The molecule has 0 unspecified atom stereocenters. The molecule has 0 bridgehead atoms. The van der Waals surface area contributed by atoms with Crippen molar-refractivity contribution in [3.05, 3.63) is 30.1 Å². The molecule has 2 aromatic rings. The molecule has 1 amide bonds. The number of aromatic nitrogens is 2. The van der Waals surface area contributed by atoms with Gasteiger partial charge >= 0.3 is 12.6 Å². The third-order valence-electron chi connectivity index (χ3n) is 4.57. The molecule has 0 fully saturated rings. The van der Waals surface area contributed by atoms with Crippen LogP contribution in [0.1, 0.15) is 19.2 Å². The fourth-order valence-electron chi connectivity index (χ4n) is 3.21. The van der Waals surface area contributed by atoms with Gasteiger partial charge in [0.15, 0.2) is 6.54 Å². The van der Waals surface area contributed by atoms with Crippen molar-refractivity contribution in [2.75, 3.05) is 16.2 Å². The molecule has 15 heteroatoms. The lowest BCUT2D eigenvalue weighted by atomic mass is 10.1. The summed E-state index contributed by atoms with van der Waals surface area (Å²) in [5.41, 5.74) is 6.77. The number of carbonyl (C=O) groups is 1. The lowest BCUT2D eigenvalue weighted by Crippen LogP contribution is -2.52. The molecule has 0 saturated carbocycles. The molecule has 3 N–H and O–H groups in total. The van der Waals surface area contributed by atoms with Gasteiger partial charge in [-0.15, -0.1) is 0 Å². The molecule has 31 heavy (non-hydrogen) atoms. The van der Waals surface area contributed by atoms with E-state index in [0.717, 1.165) is 10.5 Å². The molecule has 166 valence electrons. The molecule has 1 aliphatic rings. The monoisotopic (exact) mass is 458 g/mol. The van der Waals surface area contributed by atoms with Crippen molar-refractivity contribution in [1.29, 1.82) is 5.53 Å². The van der Waals surface area contributed by atoms with Crippen LogP contribution in [0, 0.1) is 12.5 Å². The summed E-state index contributed by atoms with van der Waals surface area (Å²) in [5.74, 6) is 0.0988. The van der Waals surface area contributed by atoms with Gasteiger partial charge in [0.05, 0.1) is 23.6 Å². The first kappa shape index (κ1) is 22.1. The lowest BCUT2D eigenvalue weighted by molar-refractivity contribution is 0.0561. The van der Waals surface area contributed by atoms with Crippen molar-refractivity contribution >= 4 is 27.5 Å². The Kier molecular flexibility index (Phi) is 5.90. The SMILES string of the molecule is Cc1nn(C(F)F)cc1S(=O)(=O)N1c2cc(NC(=O)O)ccc2O[C@@H](CN=[N+]=N)[C@H]1C. The molecular weight excluding hydrogens is 440 g/mol. The van der Waals surface area contributed by atoms with Crippen LogP contribution in [-0.4, -0.2) is 48.1 Å². The molecular formula is C16H18F2N7O5S+. The summed E-state index contributed by atoms with van der Waals surface area (Å²) in [4.78, 5) is 13.5. The van der Waals surface area contributed by atoms with E-state index in [9.17, 15) is 22.0 Å². The summed E-state index contributed by atoms with van der Waals surface area (Å²) in [5, 5.41) is 18.2. The third kappa shape index (κ3) is 4.18. The Morgan fingerprint density at radius 1 is 1.48 bits per heavy atom. The first-order valence-electron chi connectivity index (χ1n) is 8.78. The average molecular weight is 458 g/mol. The summed E-state index contributed by atoms with van der Waals surface area (Å²) in [6.07, 6.45) is -1.48. The number of amides is 1. The maximum Gasteiger partial charge on any atom is 0.409 e. The molecule has 0 aliphatic carbocycles. The maximum atomic E-state index is 13.5. The zero-order chi connectivity index (χ0) is 22.9. The van der Waals surface area contributed by atoms with Gasteiger partial charge in [-0.1, -0.05) is 0 Å². The van der Waals surface area contributed by atoms with Crippen LogP contribution in [0.2, 0.25) is 0 Å². The molecule has 2 atom stereocenters. The number of aryl methyl sites for hydroxylation is 1. The van der Waals surface area contributed by atoms with Gasteiger partial charge < -0.3 is 9.84 Å². The van der Waals surface area contributed by atoms with Gasteiger partial charge in [0.25, 0.3) is 10.0 Å². The van der Waals surface area contributed by atoms with E-state index >= 15 is 0 Å². The third-order valence-corrected chi connectivity index (χ3v) is 6.58. The van der Waals surface area contributed by atoms with E-state index in [2.05, 4.69) is 20.4 Å². The Labute approximate surface area is 174 Å². The second-order valence-corrected chi connectivity index (χ2v) is 8.35. The summed E-state index contributed by atoms with van der Waals surface area (Å²) < 4.78 is 60.1. The van der Waals surface area contributed by atoms with Crippen LogP contribution >= 0.6 is 0 Å². The number of nitrogens with zero attached hydrogens (tertiary/aromatic N) is 5. The molecule has 1 aromatic carbocycles. The standard InChI is InChI=1S/C16H17F2N7O5S/c1-8-14(7-24(22-8)15(17)18)31(28,29)25-9(2)13(6-20-23-19)30-12-4-3-10(5-11(12)25)21-16(26)27/h3-5,7,9,13,15,19,21H,6H2,1-2H3/p+1/t9-,13+/m1/s1. The topological polar surface area (TPSA) is 164 Å². The predicted molar refractivity (Wildman–Crippen MR) is 102 cm³/mol. The van der Waals surface area contributed by atoms with Gasteiger partial charge in [-0.3, -0.25) is 9.62 Å². The number of hydrogen-bond acceptors (Lipinski definition) is 7. The largest absolute Gasteiger partial charge is 0.484 e. The van der Waals surface area contributed by atoms with Crippen LogP contribution in [0.5, 0.6) is 5.75 Å². The fraction of sp³-hybridized carbons (Fsp3) is 0.375. The van der Waals surface area contributed by atoms with Crippen LogP contribution in [0.3, 0.4) is 0 Å². The number of ether oxygens (including phenoxy) is 1. The summed E-state index contributed by atoms with van der Waals surface area (Å²) in [6.45, 7) is -0.380. The van der Waals surface area contributed by atoms with Gasteiger partial charge in [-0.05, 0) is 32.0 Å². The van der Waals surface area contributed by atoms with Crippen LogP contribution < -0.4 is 19.3 Å². The molecule has 1 aliphatic heterocycles. The minimum absolute atomic E-state index is 0.00186. The van der Waals surface area contributed by atoms with Crippen LogP contribution in [0.15, 0.2) is 34.4 Å². The Bertz CT molecular complexity index is 1160. The second-order valence-electron chi connectivity index (χ2n) is 6.57. The number of halogens is 2. The van der Waals surface area contributed by atoms with Crippen molar-refractivity contribution in [2.24, 2.45) is 5.11 Å².